The zero-order valence-electron chi connectivity index (χ0n) is 24.6. The van der Waals surface area contributed by atoms with E-state index in [0.717, 1.165) is 53.1 Å². The smallest absolute Gasteiger partial charge is 0.296 e. The lowest BCUT2D eigenvalue weighted by Crippen LogP contribution is -2.68. The van der Waals surface area contributed by atoms with Gasteiger partial charge in [0.15, 0.2) is 0 Å². The molecule has 2 aromatic rings. The van der Waals surface area contributed by atoms with Crippen molar-refractivity contribution in [1.29, 1.82) is 0 Å². The number of allylic oxidation sites excluding steroid dienone is 1. The second-order valence-electron chi connectivity index (χ2n) is 13.4. The number of hydrogen-bond acceptors (Lipinski definition) is 6. The summed E-state index contributed by atoms with van der Waals surface area (Å²) in [6, 6.07) is 13.8. The standard InChI is InChI=1S/C33H36ClN5O4/c1-33(2)11-9-22(28(15-33)21-4-6-23(34)7-5-21)17-36-18-24-14-25(19-36)37(24)16-20-3-8-26-27(13-20)31(42)39(30(26)41)38-12-10-29(40)35-32(38)43/h3-8,13,24-25H,9-12,14-19H2,1-2H3,(H,35,40,43). The van der Waals surface area contributed by atoms with Gasteiger partial charge in [-0.05, 0) is 72.1 Å². The van der Waals surface area contributed by atoms with Crippen LogP contribution in [0, 0.1) is 5.41 Å². The van der Waals surface area contributed by atoms with E-state index < -0.39 is 23.8 Å². The molecule has 2 aromatic carbocycles. The lowest BCUT2D eigenvalue weighted by atomic mass is 9.72. The molecule has 2 bridgehead atoms. The summed E-state index contributed by atoms with van der Waals surface area (Å²) >= 11 is 6.19. The van der Waals surface area contributed by atoms with Crippen LogP contribution in [0.1, 0.15) is 77.8 Å². The minimum atomic E-state index is -0.753. The Balaban J connectivity index is 1.02. The van der Waals surface area contributed by atoms with Gasteiger partial charge in [-0.15, -0.1) is 0 Å². The van der Waals surface area contributed by atoms with E-state index >= 15 is 0 Å². The van der Waals surface area contributed by atoms with Crippen LogP contribution in [-0.4, -0.2) is 81.8 Å². The first kappa shape index (κ1) is 28.3. The number of halogens is 1. The van der Waals surface area contributed by atoms with Crippen molar-refractivity contribution < 1.29 is 19.2 Å². The number of rotatable bonds is 6. The van der Waals surface area contributed by atoms with E-state index in [0.29, 0.717) is 24.2 Å². The summed E-state index contributed by atoms with van der Waals surface area (Å²) in [4.78, 5) is 55.2. The van der Waals surface area contributed by atoms with E-state index in [1.807, 2.05) is 18.2 Å². The maximum atomic E-state index is 13.2. The molecule has 4 saturated heterocycles. The molecule has 10 heteroatoms. The van der Waals surface area contributed by atoms with Crippen molar-refractivity contribution in [2.75, 3.05) is 26.2 Å². The van der Waals surface area contributed by atoms with Crippen LogP contribution in [0.4, 0.5) is 4.79 Å². The number of benzene rings is 2. The van der Waals surface area contributed by atoms with Crippen molar-refractivity contribution >= 4 is 40.9 Å². The van der Waals surface area contributed by atoms with Gasteiger partial charge in [0.05, 0.1) is 17.7 Å². The summed E-state index contributed by atoms with van der Waals surface area (Å²) in [5.74, 6) is -1.48. The molecule has 9 nitrogen and oxygen atoms in total. The third-order valence-electron chi connectivity index (χ3n) is 9.78. The molecule has 5 amide bonds. The summed E-state index contributed by atoms with van der Waals surface area (Å²) < 4.78 is 0. The molecule has 5 heterocycles. The number of piperidine rings is 1. The number of nitrogens with zero attached hydrogens (tertiary/aromatic N) is 4. The van der Waals surface area contributed by atoms with E-state index in [9.17, 15) is 19.2 Å². The summed E-state index contributed by atoms with van der Waals surface area (Å²) in [6.45, 7) is 8.44. The lowest BCUT2D eigenvalue weighted by Gasteiger charge is -2.57. The van der Waals surface area contributed by atoms with Gasteiger partial charge in [-0.2, -0.15) is 5.01 Å². The highest BCUT2D eigenvalue weighted by Gasteiger charge is 2.46. The van der Waals surface area contributed by atoms with E-state index in [1.165, 1.54) is 24.0 Å². The topological polar surface area (TPSA) is 93.3 Å². The molecule has 43 heavy (non-hydrogen) atoms. The fourth-order valence-electron chi connectivity index (χ4n) is 7.45. The van der Waals surface area contributed by atoms with Crippen LogP contribution in [0.2, 0.25) is 5.02 Å². The molecule has 0 saturated carbocycles. The highest BCUT2D eigenvalue weighted by atomic mass is 35.5. The van der Waals surface area contributed by atoms with E-state index in [-0.39, 0.29) is 23.9 Å². The third-order valence-corrected chi connectivity index (χ3v) is 10.0. The molecule has 6 aliphatic rings. The molecule has 1 aliphatic carbocycles. The third kappa shape index (κ3) is 5.17. The summed E-state index contributed by atoms with van der Waals surface area (Å²) in [6.07, 6.45) is 4.61. The average Bonchev–Trinajstić information content (AvgIpc) is 3.22. The van der Waals surface area contributed by atoms with Crippen LogP contribution in [0.5, 0.6) is 0 Å². The Morgan fingerprint density at radius 3 is 2.35 bits per heavy atom. The van der Waals surface area contributed by atoms with E-state index in [2.05, 4.69) is 41.1 Å². The Hall–Kier alpha value is -3.53. The van der Waals surface area contributed by atoms with Gasteiger partial charge in [0, 0.05) is 49.7 Å². The largest absolute Gasteiger partial charge is 0.343 e. The number of carbonyl (C=O) groups is 4. The Labute approximate surface area is 256 Å². The predicted molar refractivity (Wildman–Crippen MR) is 162 cm³/mol. The molecule has 2 unspecified atom stereocenters. The minimum Gasteiger partial charge on any atom is -0.296 e. The van der Waals surface area contributed by atoms with Gasteiger partial charge < -0.3 is 0 Å². The predicted octanol–water partition coefficient (Wildman–Crippen LogP) is 4.72. The zero-order chi connectivity index (χ0) is 30.0. The monoisotopic (exact) mass is 601 g/mol. The number of nitrogens with one attached hydrogen (secondary N) is 1. The van der Waals surface area contributed by atoms with Crippen LogP contribution in [0.25, 0.3) is 5.57 Å². The Kier molecular flexibility index (Phi) is 6.95. The van der Waals surface area contributed by atoms with Crippen LogP contribution in [0.3, 0.4) is 0 Å². The van der Waals surface area contributed by atoms with Crippen molar-refractivity contribution in [3.8, 4) is 0 Å². The molecule has 1 N–H and O–H groups in total. The van der Waals surface area contributed by atoms with E-state index in [1.54, 1.807) is 17.7 Å². The van der Waals surface area contributed by atoms with Crippen molar-refractivity contribution in [3.05, 3.63) is 75.3 Å². The number of imide groups is 2. The highest BCUT2D eigenvalue weighted by Crippen LogP contribution is 2.44. The number of amides is 5. The van der Waals surface area contributed by atoms with E-state index in [4.69, 9.17) is 11.6 Å². The molecule has 4 fully saturated rings. The molecule has 224 valence electrons. The first-order valence-corrected chi connectivity index (χ1v) is 15.5. The first-order chi connectivity index (χ1) is 20.6. The Bertz CT molecular complexity index is 1560. The van der Waals surface area contributed by atoms with Crippen LogP contribution < -0.4 is 5.32 Å². The normalized spacial score (nSPS) is 25.7. The van der Waals surface area contributed by atoms with Gasteiger partial charge in [0.2, 0.25) is 5.91 Å². The maximum Gasteiger partial charge on any atom is 0.343 e. The fraction of sp³-hybridized carbons (Fsp3) is 0.455. The van der Waals surface area contributed by atoms with Gasteiger partial charge in [-0.3, -0.25) is 29.5 Å². The number of fused-ring (bicyclic) bond motifs is 3. The number of piperazine rings is 1. The lowest BCUT2D eigenvalue weighted by molar-refractivity contribution is -0.122. The molecule has 0 spiro atoms. The summed E-state index contributed by atoms with van der Waals surface area (Å²) in [7, 11) is 0. The van der Waals surface area contributed by atoms with Crippen LogP contribution in [-0.2, 0) is 11.3 Å². The van der Waals surface area contributed by atoms with Gasteiger partial charge >= 0.3 is 6.03 Å². The quantitative estimate of drug-likeness (QED) is 0.482. The van der Waals surface area contributed by atoms with Gasteiger partial charge in [-0.1, -0.05) is 49.2 Å². The second-order valence-corrected chi connectivity index (χ2v) is 13.8. The average molecular weight is 602 g/mol. The molecule has 0 aromatic heterocycles. The maximum absolute atomic E-state index is 13.2. The van der Waals surface area contributed by atoms with Crippen LogP contribution >= 0.6 is 11.6 Å². The number of urea groups is 1. The van der Waals surface area contributed by atoms with Crippen molar-refractivity contribution in [2.45, 2.75) is 64.6 Å². The summed E-state index contributed by atoms with van der Waals surface area (Å²) in [5.41, 5.74) is 6.17. The SMILES string of the molecule is CC1(C)CCC(CN2CC3CC(C2)N3Cc2ccc3c(c2)C(=O)N(N2CCC(=O)NC2=O)C3=O)=C(c2ccc(Cl)cc2)C1. The molecule has 0 radical (unpaired) electrons. The van der Waals surface area contributed by atoms with Gasteiger partial charge in [-0.25, -0.2) is 9.80 Å². The molecule has 2 atom stereocenters. The molecular formula is C33H36ClN5O4. The number of hydrogen-bond donors (Lipinski definition) is 1. The molecular weight excluding hydrogens is 566 g/mol. The number of hydrazine groups is 1. The Morgan fingerprint density at radius 1 is 0.907 bits per heavy atom. The van der Waals surface area contributed by atoms with Gasteiger partial charge in [0.1, 0.15) is 0 Å². The van der Waals surface area contributed by atoms with Crippen molar-refractivity contribution in [3.63, 3.8) is 0 Å². The molecule has 8 rings (SSSR count). The summed E-state index contributed by atoms with van der Waals surface area (Å²) in [5, 5.41) is 4.84. The zero-order valence-corrected chi connectivity index (χ0v) is 25.3. The fourth-order valence-corrected chi connectivity index (χ4v) is 7.57. The molecule has 5 aliphatic heterocycles. The number of carbonyl (C=O) groups excluding carboxylic acids is 4. The van der Waals surface area contributed by atoms with Crippen LogP contribution in [0.15, 0.2) is 48.0 Å². The van der Waals surface area contributed by atoms with Crippen molar-refractivity contribution in [2.24, 2.45) is 5.41 Å². The minimum absolute atomic E-state index is 0.00745. The highest BCUT2D eigenvalue weighted by molar-refractivity contribution is 6.30. The second kappa shape index (κ2) is 10.6. The first-order valence-electron chi connectivity index (χ1n) is 15.1. The Morgan fingerprint density at radius 2 is 1.63 bits per heavy atom. The van der Waals surface area contributed by atoms with Crippen molar-refractivity contribution in [1.82, 2.24) is 25.1 Å². The van der Waals surface area contributed by atoms with Gasteiger partial charge in [0.25, 0.3) is 11.8 Å².